The van der Waals surface area contributed by atoms with Crippen LogP contribution in [0.4, 0.5) is 5.69 Å². The van der Waals surface area contributed by atoms with Gasteiger partial charge in [0.15, 0.2) is 5.78 Å². The van der Waals surface area contributed by atoms with E-state index in [1.54, 1.807) is 54.6 Å². The van der Waals surface area contributed by atoms with Gasteiger partial charge in [0, 0.05) is 23.0 Å². The minimum atomic E-state index is -1.19. The Balaban J connectivity index is 1.84. The van der Waals surface area contributed by atoms with Gasteiger partial charge in [0.2, 0.25) is 6.10 Å². The molecule has 1 atom stereocenters. The van der Waals surface area contributed by atoms with Gasteiger partial charge in [-0.15, -0.1) is 0 Å². The number of esters is 1. The molecule has 29 heavy (non-hydrogen) atoms. The van der Waals surface area contributed by atoms with Crippen molar-refractivity contribution in [2.45, 2.75) is 13.0 Å². The lowest BCUT2D eigenvalue weighted by atomic mass is 10.1. The molecule has 1 N–H and O–H groups in total. The van der Waals surface area contributed by atoms with Crippen molar-refractivity contribution in [1.29, 1.82) is 0 Å². The van der Waals surface area contributed by atoms with E-state index in [-0.39, 0.29) is 16.5 Å². The lowest BCUT2D eigenvalue weighted by Crippen LogP contribution is -2.26. The van der Waals surface area contributed by atoms with E-state index in [0.29, 0.717) is 16.8 Å². The molecule has 0 aliphatic rings. The quantitative estimate of drug-likeness (QED) is 0.369. The Labute approximate surface area is 172 Å². The van der Waals surface area contributed by atoms with Crippen LogP contribution in [0, 0.1) is 0 Å². The average molecular weight is 409 g/mol. The SMILES string of the molecule is CC(=O)c1cccc(NC(=O)[C@H](OC(=O)c2ccc(Cl)nc2)c2ccccc2)c1. The van der Waals surface area contributed by atoms with Crippen molar-refractivity contribution in [2.75, 3.05) is 5.32 Å². The lowest BCUT2D eigenvalue weighted by molar-refractivity contribution is -0.125. The zero-order valence-electron chi connectivity index (χ0n) is 15.5. The second-order valence-corrected chi connectivity index (χ2v) is 6.58. The number of rotatable bonds is 6. The van der Waals surface area contributed by atoms with Crippen molar-refractivity contribution in [3.63, 3.8) is 0 Å². The van der Waals surface area contributed by atoms with E-state index in [9.17, 15) is 14.4 Å². The van der Waals surface area contributed by atoms with Crippen LogP contribution in [0.15, 0.2) is 72.9 Å². The molecule has 1 amide bonds. The molecule has 0 bridgehead atoms. The predicted molar refractivity (Wildman–Crippen MR) is 109 cm³/mol. The first kappa shape index (κ1) is 20.2. The first-order chi connectivity index (χ1) is 13.9. The smallest absolute Gasteiger partial charge is 0.340 e. The van der Waals surface area contributed by atoms with Crippen LogP contribution in [0.25, 0.3) is 0 Å². The first-order valence-corrected chi connectivity index (χ1v) is 9.11. The molecule has 6 nitrogen and oxygen atoms in total. The van der Waals surface area contributed by atoms with Gasteiger partial charge in [-0.3, -0.25) is 9.59 Å². The number of ketones is 1. The molecule has 2 aromatic carbocycles. The highest BCUT2D eigenvalue weighted by molar-refractivity contribution is 6.29. The summed E-state index contributed by atoms with van der Waals surface area (Å²) in [6, 6.07) is 18.1. The normalized spacial score (nSPS) is 11.4. The van der Waals surface area contributed by atoms with Gasteiger partial charge in [-0.2, -0.15) is 0 Å². The van der Waals surface area contributed by atoms with Gasteiger partial charge >= 0.3 is 5.97 Å². The number of aromatic nitrogens is 1. The van der Waals surface area contributed by atoms with Crippen LogP contribution in [0.5, 0.6) is 0 Å². The van der Waals surface area contributed by atoms with E-state index >= 15 is 0 Å². The monoisotopic (exact) mass is 408 g/mol. The van der Waals surface area contributed by atoms with Gasteiger partial charge in [-0.05, 0) is 31.2 Å². The number of anilines is 1. The molecule has 7 heteroatoms. The summed E-state index contributed by atoms with van der Waals surface area (Å²) in [5.41, 5.74) is 1.56. The highest BCUT2D eigenvalue weighted by Crippen LogP contribution is 2.22. The molecule has 0 aliphatic carbocycles. The van der Waals surface area contributed by atoms with Gasteiger partial charge in [0.25, 0.3) is 5.91 Å². The minimum Gasteiger partial charge on any atom is -0.444 e. The number of carbonyl (C=O) groups excluding carboxylic acids is 3. The van der Waals surface area contributed by atoms with E-state index < -0.39 is 18.0 Å². The molecule has 1 heterocycles. The van der Waals surface area contributed by atoms with Crippen molar-refractivity contribution < 1.29 is 19.1 Å². The summed E-state index contributed by atoms with van der Waals surface area (Å²) in [7, 11) is 0. The summed E-state index contributed by atoms with van der Waals surface area (Å²) in [4.78, 5) is 40.8. The van der Waals surface area contributed by atoms with Crippen molar-refractivity contribution in [1.82, 2.24) is 4.98 Å². The number of pyridine rings is 1. The fraction of sp³-hybridized carbons (Fsp3) is 0.0909. The zero-order chi connectivity index (χ0) is 20.8. The summed E-state index contributed by atoms with van der Waals surface area (Å²) in [5, 5.41) is 2.94. The molecule has 3 rings (SSSR count). The van der Waals surface area contributed by atoms with Gasteiger partial charge in [0.1, 0.15) is 5.15 Å². The Morgan fingerprint density at radius 3 is 2.38 bits per heavy atom. The molecule has 0 spiro atoms. The van der Waals surface area contributed by atoms with Crippen LogP contribution in [-0.4, -0.2) is 22.6 Å². The summed E-state index contributed by atoms with van der Waals surface area (Å²) < 4.78 is 5.47. The number of benzene rings is 2. The van der Waals surface area contributed by atoms with Crippen molar-refractivity contribution in [2.24, 2.45) is 0 Å². The molecule has 146 valence electrons. The number of Topliss-reactive ketones (excluding diaryl/α,β-unsaturated/α-hetero) is 1. The fourth-order valence-electron chi connectivity index (χ4n) is 2.60. The maximum absolute atomic E-state index is 12.9. The molecule has 0 aliphatic heterocycles. The van der Waals surface area contributed by atoms with Crippen LogP contribution in [-0.2, 0) is 9.53 Å². The fourth-order valence-corrected chi connectivity index (χ4v) is 2.71. The van der Waals surface area contributed by atoms with Crippen LogP contribution in [0.2, 0.25) is 5.15 Å². The number of carbonyl (C=O) groups is 3. The average Bonchev–Trinajstić information content (AvgIpc) is 2.73. The van der Waals surface area contributed by atoms with Crippen LogP contribution < -0.4 is 5.32 Å². The van der Waals surface area contributed by atoms with Crippen molar-refractivity contribution >= 4 is 34.9 Å². The molecule has 0 radical (unpaired) electrons. The number of ether oxygens (including phenoxy) is 1. The summed E-state index contributed by atoms with van der Waals surface area (Å²) in [6.45, 7) is 1.44. The number of hydrogen-bond donors (Lipinski definition) is 1. The molecule has 3 aromatic rings. The third-order valence-corrected chi connectivity index (χ3v) is 4.29. The van der Waals surface area contributed by atoms with E-state index in [1.807, 2.05) is 0 Å². The molecular formula is C22H17ClN2O4. The van der Waals surface area contributed by atoms with Crippen LogP contribution in [0.1, 0.15) is 39.3 Å². The highest BCUT2D eigenvalue weighted by atomic mass is 35.5. The topological polar surface area (TPSA) is 85.4 Å². The van der Waals surface area contributed by atoms with Crippen LogP contribution in [0.3, 0.4) is 0 Å². The molecule has 0 saturated heterocycles. The van der Waals surface area contributed by atoms with Gasteiger partial charge in [-0.1, -0.05) is 54.1 Å². The third-order valence-electron chi connectivity index (χ3n) is 4.07. The molecular weight excluding hydrogens is 392 g/mol. The van der Waals surface area contributed by atoms with Gasteiger partial charge < -0.3 is 10.1 Å². The second-order valence-electron chi connectivity index (χ2n) is 6.19. The Bertz CT molecular complexity index is 1040. The van der Waals surface area contributed by atoms with Gasteiger partial charge in [-0.25, -0.2) is 9.78 Å². The predicted octanol–water partition coefficient (Wildman–Crippen LogP) is 4.47. The second kappa shape index (κ2) is 9.12. The Morgan fingerprint density at radius 1 is 0.966 bits per heavy atom. The van der Waals surface area contributed by atoms with E-state index in [4.69, 9.17) is 16.3 Å². The maximum atomic E-state index is 12.9. The number of halogens is 1. The standard InChI is InChI=1S/C22H17ClN2O4/c1-14(26)16-8-5-9-18(12-16)25-21(27)20(15-6-3-2-4-7-15)29-22(28)17-10-11-19(23)24-13-17/h2-13,20H,1H3,(H,25,27)/t20-/m1/s1. The molecule has 0 saturated carbocycles. The number of nitrogens with zero attached hydrogens (tertiary/aromatic N) is 1. The Morgan fingerprint density at radius 2 is 1.72 bits per heavy atom. The number of hydrogen-bond acceptors (Lipinski definition) is 5. The molecule has 0 fully saturated rings. The summed E-state index contributed by atoms with van der Waals surface area (Å²) in [5.74, 6) is -1.38. The largest absolute Gasteiger partial charge is 0.444 e. The van der Waals surface area contributed by atoms with E-state index in [1.165, 1.54) is 25.3 Å². The van der Waals surface area contributed by atoms with Crippen molar-refractivity contribution in [3.8, 4) is 0 Å². The number of nitrogens with one attached hydrogen (secondary N) is 1. The van der Waals surface area contributed by atoms with Crippen LogP contribution >= 0.6 is 11.6 Å². The Kier molecular flexibility index (Phi) is 6.36. The van der Waals surface area contributed by atoms with E-state index in [0.717, 1.165) is 0 Å². The lowest BCUT2D eigenvalue weighted by Gasteiger charge is -2.18. The highest BCUT2D eigenvalue weighted by Gasteiger charge is 2.26. The minimum absolute atomic E-state index is 0.123. The third kappa shape index (κ3) is 5.27. The summed E-state index contributed by atoms with van der Waals surface area (Å²) >= 11 is 5.74. The van der Waals surface area contributed by atoms with E-state index in [2.05, 4.69) is 10.3 Å². The van der Waals surface area contributed by atoms with Crippen molar-refractivity contribution in [3.05, 3.63) is 94.8 Å². The first-order valence-electron chi connectivity index (χ1n) is 8.73. The molecule has 0 unspecified atom stereocenters. The zero-order valence-corrected chi connectivity index (χ0v) is 16.2. The number of amides is 1. The Hall–Kier alpha value is -3.51. The maximum Gasteiger partial charge on any atom is 0.340 e. The molecule has 1 aromatic heterocycles. The summed E-state index contributed by atoms with van der Waals surface area (Å²) in [6.07, 6.45) is 0.0846. The van der Waals surface area contributed by atoms with Gasteiger partial charge in [0.05, 0.1) is 5.56 Å².